The number of hydrogen-bond acceptors (Lipinski definition) is 8. The van der Waals surface area contributed by atoms with E-state index in [1.54, 1.807) is 0 Å². The van der Waals surface area contributed by atoms with E-state index in [4.69, 9.17) is 18.5 Å². The molecule has 0 aliphatic rings. The number of unbranched alkanes of at least 4 members (excludes halogenated alkanes) is 21. The van der Waals surface area contributed by atoms with Gasteiger partial charge in [0.2, 0.25) is 0 Å². The number of likely N-dealkylation sites (N-methyl/N-ethyl adjacent to an activating group) is 1. The van der Waals surface area contributed by atoms with Crippen LogP contribution in [0.15, 0.2) is 72.9 Å². The van der Waals surface area contributed by atoms with Gasteiger partial charge < -0.3 is 27.9 Å². The quantitative estimate of drug-likeness (QED) is 0.0195. The molecule has 0 aliphatic carbocycles. The highest BCUT2D eigenvalue weighted by molar-refractivity contribution is 7.45. The zero-order valence-corrected chi connectivity index (χ0v) is 43.3. The minimum atomic E-state index is -4.64. The molecule has 376 valence electrons. The number of carbonyl (C=O) groups excluding carboxylic acids is 2. The molecule has 0 aliphatic heterocycles. The summed E-state index contributed by atoms with van der Waals surface area (Å²) in [6, 6.07) is 0. The van der Waals surface area contributed by atoms with Crippen molar-refractivity contribution in [2.24, 2.45) is 0 Å². The lowest BCUT2D eigenvalue weighted by Crippen LogP contribution is -2.37. The predicted octanol–water partition coefficient (Wildman–Crippen LogP) is 15.1. The summed E-state index contributed by atoms with van der Waals surface area (Å²) >= 11 is 0. The Kier molecular flexibility index (Phi) is 44.7. The molecule has 0 fully saturated rings. The second-order valence-electron chi connectivity index (χ2n) is 18.5. The molecule has 0 spiro atoms. The Hall–Kier alpha value is -2.55. The maximum Gasteiger partial charge on any atom is 0.306 e. The zero-order chi connectivity index (χ0) is 47.8. The average Bonchev–Trinajstić information content (AvgIpc) is 3.26. The molecular weight excluding hydrogens is 834 g/mol. The van der Waals surface area contributed by atoms with Gasteiger partial charge in [0.1, 0.15) is 19.8 Å². The van der Waals surface area contributed by atoms with Crippen molar-refractivity contribution in [1.29, 1.82) is 0 Å². The van der Waals surface area contributed by atoms with Crippen LogP contribution in [0.3, 0.4) is 0 Å². The molecule has 2 atom stereocenters. The zero-order valence-electron chi connectivity index (χ0n) is 42.4. The minimum absolute atomic E-state index is 0.0355. The van der Waals surface area contributed by atoms with Gasteiger partial charge in [0.05, 0.1) is 27.7 Å². The third-order valence-electron chi connectivity index (χ3n) is 11.0. The number of allylic oxidation sites excluding steroid dienone is 12. The molecule has 10 heteroatoms. The van der Waals surface area contributed by atoms with Gasteiger partial charge in [0.15, 0.2) is 6.10 Å². The van der Waals surface area contributed by atoms with E-state index in [2.05, 4.69) is 86.8 Å². The van der Waals surface area contributed by atoms with E-state index in [-0.39, 0.29) is 26.1 Å². The topological polar surface area (TPSA) is 111 Å². The van der Waals surface area contributed by atoms with Crippen LogP contribution in [0.5, 0.6) is 0 Å². The van der Waals surface area contributed by atoms with E-state index in [0.717, 1.165) is 89.9 Å². The van der Waals surface area contributed by atoms with Gasteiger partial charge in [-0.05, 0) is 77.0 Å². The fraction of sp³-hybridized carbons (Fsp3) is 0.745. The van der Waals surface area contributed by atoms with Crippen LogP contribution in [-0.4, -0.2) is 70.0 Å². The maximum absolute atomic E-state index is 12.8. The summed E-state index contributed by atoms with van der Waals surface area (Å²) in [4.78, 5) is 37.7. The molecule has 0 N–H and O–H groups in total. The fourth-order valence-electron chi connectivity index (χ4n) is 6.90. The van der Waals surface area contributed by atoms with Gasteiger partial charge in [-0.25, -0.2) is 0 Å². The molecule has 0 saturated carbocycles. The lowest BCUT2D eigenvalue weighted by Gasteiger charge is -2.28. The van der Waals surface area contributed by atoms with Gasteiger partial charge >= 0.3 is 11.9 Å². The summed E-state index contributed by atoms with van der Waals surface area (Å²) in [7, 11) is 1.15. The average molecular weight is 932 g/mol. The van der Waals surface area contributed by atoms with E-state index in [9.17, 15) is 19.0 Å². The van der Waals surface area contributed by atoms with Crippen molar-refractivity contribution in [3.05, 3.63) is 72.9 Å². The highest BCUT2D eigenvalue weighted by Crippen LogP contribution is 2.38. The predicted molar refractivity (Wildman–Crippen MR) is 273 cm³/mol. The van der Waals surface area contributed by atoms with Gasteiger partial charge in [-0.3, -0.25) is 14.2 Å². The largest absolute Gasteiger partial charge is 0.756 e. The van der Waals surface area contributed by atoms with E-state index >= 15 is 0 Å². The van der Waals surface area contributed by atoms with Crippen molar-refractivity contribution in [3.8, 4) is 0 Å². The van der Waals surface area contributed by atoms with E-state index in [0.29, 0.717) is 23.9 Å². The third kappa shape index (κ3) is 50.7. The lowest BCUT2D eigenvalue weighted by molar-refractivity contribution is -0.870. The molecule has 2 unspecified atom stereocenters. The van der Waals surface area contributed by atoms with Gasteiger partial charge in [-0.1, -0.05) is 196 Å². The van der Waals surface area contributed by atoms with Crippen molar-refractivity contribution in [1.82, 2.24) is 0 Å². The number of phosphoric acid groups is 1. The van der Waals surface area contributed by atoms with Crippen LogP contribution in [0.25, 0.3) is 0 Å². The number of esters is 2. The first-order chi connectivity index (χ1) is 31.5. The van der Waals surface area contributed by atoms with Crippen LogP contribution in [0.1, 0.15) is 213 Å². The molecule has 0 bridgehead atoms. The molecule has 0 aromatic carbocycles. The molecule has 0 radical (unpaired) electrons. The first-order valence-corrected chi connectivity index (χ1v) is 27.6. The van der Waals surface area contributed by atoms with Gasteiger partial charge in [-0.2, -0.15) is 0 Å². The SMILES string of the molecule is CC/C=C\C/C=C\C/C=C\C/C=C\CCCCCCCCCCCCCCCCC(=O)OC(COC(=O)CCCCCCC/C=C\C/C=C\CCCC)COP(=O)([O-])OCC[N+](C)(C)C. The molecule has 0 rings (SSSR count). The second-order valence-corrected chi connectivity index (χ2v) is 19.9. The summed E-state index contributed by atoms with van der Waals surface area (Å²) in [6.07, 6.45) is 59.4. The summed E-state index contributed by atoms with van der Waals surface area (Å²) < 4.78 is 34.0. The normalized spacial score (nSPS) is 14.0. The lowest BCUT2D eigenvalue weighted by atomic mass is 10.0. The Morgan fingerprint density at radius 2 is 0.877 bits per heavy atom. The summed E-state index contributed by atoms with van der Waals surface area (Å²) in [5, 5.41) is 0. The molecule has 65 heavy (non-hydrogen) atoms. The third-order valence-corrected chi connectivity index (χ3v) is 11.9. The highest BCUT2D eigenvalue weighted by atomic mass is 31.2. The number of hydrogen-bond donors (Lipinski definition) is 0. The number of nitrogens with zero attached hydrogens (tertiary/aromatic N) is 1. The van der Waals surface area contributed by atoms with Crippen molar-refractivity contribution in [2.75, 3.05) is 47.5 Å². The number of rotatable bonds is 47. The van der Waals surface area contributed by atoms with Crippen LogP contribution in [0, 0.1) is 0 Å². The van der Waals surface area contributed by atoms with E-state index in [1.807, 2.05) is 21.1 Å². The van der Waals surface area contributed by atoms with Crippen molar-refractivity contribution >= 4 is 19.8 Å². The number of ether oxygens (including phenoxy) is 2. The number of phosphoric ester groups is 1. The van der Waals surface area contributed by atoms with Gasteiger partial charge in [0.25, 0.3) is 7.82 Å². The molecule has 0 heterocycles. The standard InChI is InChI=1S/C55H98NO8P/c1-6-8-10-12-14-16-18-20-22-23-24-25-26-27-28-29-30-31-32-33-34-36-38-40-42-44-46-48-55(58)64-53(52-63-65(59,60)62-50-49-56(3,4)5)51-61-54(57)47-45-43-41-39-37-35-21-19-17-15-13-11-9-7-2/h8,10,13-16,19-22,24-25,53H,6-7,9,11-12,17-18,23,26-52H2,1-5H3/b10-8-,15-13-,16-14-,21-19-,22-20-,25-24-. The number of quaternary nitrogens is 1. The van der Waals surface area contributed by atoms with Crippen molar-refractivity contribution in [2.45, 2.75) is 219 Å². The maximum atomic E-state index is 12.8. The highest BCUT2D eigenvalue weighted by Gasteiger charge is 2.21. The molecule has 0 aromatic heterocycles. The minimum Gasteiger partial charge on any atom is -0.756 e. The molecule has 0 amide bonds. The Labute approximate surface area is 399 Å². The molecular formula is C55H98NO8P. The van der Waals surface area contributed by atoms with Crippen molar-refractivity contribution < 1.29 is 42.1 Å². The number of carbonyl (C=O) groups is 2. The summed E-state index contributed by atoms with van der Waals surface area (Å²) in [5.41, 5.74) is 0. The van der Waals surface area contributed by atoms with Crippen LogP contribution < -0.4 is 4.89 Å². The van der Waals surface area contributed by atoms with Crippen LogP contribution in [0.2, 0.25) is 0 Å². The summed E-state index contributed by atoms with van der Waals surface area (Å²) in [5.74, 6) is -0.851. The van der Waals surface area contributed by atoms with Crippen LogP contribution >= 0.6 is 7.82 Å². The second kappa shape index (κ2) is 46.6. The Morgan fingerprint density at radius 1 is 0.492 bits per heavy atom. The van der Waals surface area contributed by atoms with Gasteiger partial charge in [0, 0.05) is 12.8 Å². The molecule has 0 aromatic rings. The van der Waals surface area contributed by atoms with Crippen LogP contribution in [0.4, 0.5) is 0 Å². The molecule has 9 nitrogen and oxygen atoms in total. The van der Waals surface area contributed by atoms with Crippen molar-refractivity contribution in [3.63, 3.8) is 0 Å². The first-order valence-electron chi connectivity index (χ1n) is 26.1. The van der Waals surface area contributed by atoms with E-state index in [1.165, 1.54) is 83.5 Å². The van der Waals surface area contributed by atoms with E-state index < -0.39 is 32.5 Å². The first kappa shape index (κ1) is 62.4. The molecule has 0 saturated heterocycles. The Balaban J connectivity index is 4.18. The fourth-order valence-corrected chi connectivity index (χ4v) is 7.63. The smallest absolute Gasteiger partial charge is 0.306 e. The summed E-state index contributed by atoms with van der Waals surface area (Å²) in [6.45, 7) is 4.06. The van der Waals surface area contributed by atoms with Crippen LogP contribution in [-0.2, 0) is 32.7 Å². The Morgan fingerprint density at radius 3 is 1.31 bits per heavy atom. The Bertz CT molecular complexity index is 1330. The monoisotopic (exact) mass is 932 g/mol. The van der Waals surface area contributed by atoms with Gasteiger partial charge in [-0.15, -0.1) is 0 Å².